The van der Waals surface area contributed by atoms with E-state index in [1.807, 2.05) is 24.3 Å². The van der Waals surface area contributed by atoms with E-state index in [9.17, 15) is 14.4 Å². The van der Waals surface area contributed by atoms with E-state index in [0.29, 0.717) is 24.2 Å². The summed E-state index contributed by atoms with van der Waals surface area (Å²) in [4.78, 5) is 36.6. The topological polar surface area (TPSA) is 87.3 Å². The first-order valence-corrected chi connectivity index (χ1v) is 8.56. The van der Waals surface area contributed by atoms with Gasteiger partial charge in [-0.1, -0.05) is 18.2 Å². The molecule has 2 aromatic rings. The number of hydrogen-bond donors (Lipinski definition) is 3. The van der Waals surface area contributed by atoms with Crippen molar-refractivity contribution in [2.75, 3.05) is 17.2 Å². The lowest BCUT2D eigenvalue weighted by atomic mass is 9.79. The summed E-state index contributed by atoms with van der Waals surface area (Å²) in [6, 6.07) is 13.8. The fraction of sp³-hybridized carbons (Fsp3) is 0.250. The number of anilines is 2. The molecule has 0 saturated carbocycles. The normalized spacial score (nSPS) is 23.3. The maximum absolute atomic E-state index is 12.7. The quantitative estimate of drug-likeness (QED) is 0.741. The monoisotopic (exact) mass is 349 g/mol. The van der Waals surface area contributed by atoms with Gasteiger partial charge in [-0.3, -0.25) is 14.4 Å². The van der Waals surface area contributed by atoms with Crippen LogP contribution in [0.15, 0.2) is 48.5 Å². The number of amides is 2. The van der Waals surface area contributed by atoms with E-state index < -0.39 is 11.5 Å². The van der Waals surface area contributed by atoms with Gasteiger partial charge in [0.25, 0.3) is 0 Å². The van der Waals surface area contributed by atoms with Crippen molar-refractivity contribution in [1.29, 1.82) is 0 Å². The fourth-order valence-electron chi connectivity index (χ4n) is 3.75. The van der Waals surface area contributed by atoms with Gasteiger partial charge in [0.05, 0.1) is 5.41 Å². The number of fused-ring (bicyclic) bond motifs is 2. The lowest BCUT2D eigenvalue weighted by Crippen LogP contribution is -2.39. The highest BCUT2D eigenvalue weighted by atomic mass is 16.2. The molecular weight excluding hydrogens is 330 g/mol. The van der Waals surface area contributed by atoms with E-state index in [1.165, 1.54) is 6.92 Å². The molecule has 0 aliphatic carbocycles. The van der Waals surface area contributed by atoms with Crippen LogP contribution < -0.4 is 16.0 Å². The van der Waals surface area contributed by atoms with Gasteiger partial charge in [-0.25, -0.2) is 0 Å². The first-order valence-electron chi connectivity index (χ1n) is 8.56. The van der Waals surface area contributed by atoms with Gasteiger partial charge in [0.2, 0.25) is 11.8 Å². The lowest BCUT2D eigenvalue weighted by Gasteiger charge is -2.19. The van der Waals surface area contributed by atoms with Gasteiger partial charge in [0.1, 0.15) is 6.04 Å². The highest BCUT2D eigenvalue weighted by Crippen LogP contribution is 2.43. The van der Waals surface area contributed by atoms with Crippen LogP contribution in [0.3, 0.4) is 0 Å². The van der Waals surface area contributed by atoms with Gasteiger partial charge in [-0.2, -0.15) is 0 Å². The molecule has 2 aliphatic rings. The Kier molecular flexibility index (Phi) is 3.76. The zero-order valence-electron chi connectivity index (χ0n) is 14.3. The molecule has 132 valence electrons. The highest BCUT2D eigenvalue weighted by molar-refractivity contribution is 6.04. The number of rotatable bonds is 3. The molecule has 2 amide bonds. The molecule has 2 aliphatic heterocycles. The predicted octanol–water partition coefficient (Wildman–Crippen LogP) is 2.08. The van der Waals surface area contributed by atoms with E-state index in [-0.39, 0.29) is 17.6 Å². The van der Waals surface area contributed by atoms with Crippen molar-refractivity contribution in [1.82, 2.24) is 5.32 Å². The summed E-state index contributed by atoms with van der Waals surface area (Å²) in [6.07, 6.45) is 0.410. The number of hydrogen-bond acceptors (Lipinski definition) is 4. The molecule has 3 N–H and O–H groups in total. The molecule has 2 unspecified atom stereocenters. The molecule has 0 aromatic heterocycles. The van der Waals surface area contributed by atoms with Gasteiger partial charge in [0, 0.05) is 23.5 Å². The van der Waals surface area contributed by atoms with E-state index in [1.54, 1.807) is 24.3 Å². The Hall–Kier alpha value is -3.15. The number of carbonyl (C=O) groups is 3. The minimum absolute atomic E-state index is 0.0275. The number of carbonyl (C=O) groups excluding carboxylic acids is 3. The average Bonchev–Trinajstić information content (AvgIpc) is 3.18. The molecule has 6 heteroatoms. The Labute approximate surface area is 151 Å². The third-order valence-electron chi connectivity index (χ3n) is 5.19. The van der Waals surface area contributed by atoms with Crippen LogP contribution in [0.5, 0.6) is 0 Å². The SMILES string of the molecule is CC(=O)c1ccc(NC(=O)C2CC3(CNc4ccccc43)C(=O)N2)cc1. The van der Waals surface area contributed by atoms with E-state index in [4.69, 9.17) is 0 Å². The molecule has 26 heavy (non-hydrogen) atoms. The minimum Gasteiger partial charge on any atom is -0.383 e. The number of nitrogens with one attached hydrogen (secondary N) is 3. The number of Topliss-reactive ketones (excluding diaryl/α,β-unsaturated/α-hetero) is 1. The van der Waals surface area contributed by atoms with Gasteiger partial charge < -0.3 is 16.0 Å². The first-order chi connectivity index (χ1) is 12.5. The number of ketones is 1. The molecule has 1 fully saturated rings. The molecule has 6 nitrogen and oxygen atoms in total. The third kappa shape index (κ3) is 2.54. The highest BCUT2D eigenvalue weighted by Gasteiger charge is 2.53. The maximum Gasteiger partial charge on any atom is 0.246 e. The van der Waals surface area contributed by atoms with Gasteiger partial charge in [-0.05, 0) is 49.2 Å². The van der Waals surface area contributed by atoms with Crippen molar-refractivity contribution < 1.29 is 14.4 Å². The van der Waals surface area contributed by atoms with E-state index in [0.717, 1.165) is 11.3 Å². The van der Waals surface area contributed by atoms with Crippen molar-refractivity contribution in [3.05, 3.63) is 59.7 Å². The van der Waals surface area contributed by atoms with Crippen molar-refractivity contribution >= 4 is 29.0 Å². The maximum atomic E-state index is 12.7. The largest absolute Gasteiger partial charge is 0.383 e. The number of benzene rings is 2. The van der Waals surface area contributed by atoms with Crippen molar-refractivity contribution in [3.8, 4) is 0 Å². The van der Waals surface area contributed by atoms with Crippen LogP contribution in [0.4, 0.5) is 11.4 Å². The first kappa shape index (κ1) is 16.3. The summed E-state index contributed by atoms with van der Waals surface area (Å²) >= 11 is 0. The second-order valence-electron chi connectivity index (χ2n) is 6.83. The Balaban J connectivity index is 1.51. The zero-order valence-corrected chi connectivity index (χ0v) is 14.3. The summed E-state index contributed by atoms with van der Waals surface area (Å²) in [6.45, 7) is 1.99. The van der Waals surface area contributed by atoms with Crippen LogP contribution in [0.2, 0.25) is 0 Å². The number of para-hydroxylation sites is 1. The molecule has 2 aromatic carbocycles. The minimum atomic E-state index is -0.697. The molecular formula is C20H19N3O3. The molecule has 2 atom stereocenters. The van der Waals surface area contributed by atoms with Crippen LogP contribution in [-0.4, -0.2) is 30.2 Å². The molecule has 0 bridgehead atoms. The molecule has 1 saturated heterocycles. The van der Waals surface area contributed by atoms with Crippen LogP contribution in [0, 0.1) is 0 Å². The van der Waals surface area contributed by atoms with Crippen molar-refractivity contribution in [2.45, 2.75) is 24.8 Å². The molecule has 1 spiro atoms. The summed E-state index contributed by atoms with van der Waals surface area (Å²) in [5, 5.41) is 8.91. The third-order valence-corrected chi connectivity index (χ3v) is 5.19. The van der Waals surface area contributed by atoms with Crippen LogP contribution in [0.1, 0.15) is 29.3 Å². The second-order valence-corrected chi connectivity index (χ2v) is 6.83. The van der Waals surface area contributed by atoms with Crippen LogP contribution in [0.25, 0.3) is 0 Å². The van der Waals surface area contributed by atoms with Crippen LogP contribution >= 0.6 is 0 Å². The Morgan fingerprint density at radius 1 is 1.12 bits per heavy atom. The standard InChI is InChI=1S/C20H19N3O3/c1-12(24)13-6-8-14(9-7-13)22-18(25)17-10-20(19(26)23-17)11-21-16-5-3-2-4-15(16)20/h2-9,17,21H,10-11H2,1H3,(H,22,25)(H,23,26). The zero-order chi connectivity index (χ0) is 18.3. The van der Waals surface area contributed by atoms with E-state index in [2.05, 4.69) is 16.0 Å². The van der Waals surface area contributed by atoms with Gasteiger partial charge >= 0.3 is 0 Å². The van der Waals surface area contributed by atoms with Gasteiger partial charge in [0.15, 0.2) is 5.78 Å². The van der Waals surface area contributed by atoms with E-state index >= 15 is 0 Å². The summed E-state index contributed by atoms with van der Waals surface area (Å²) in [5.41, 5.74) is 2.38. The van der Waals surface area contributed by atoms with Crippen molar-refractivity contribution in [3.63, 3.8) is 0 Å². The average molecular weight is 349 g/mol. The Bertz CT molecular complexity index is 907. The van der Waals surface area contributed by atoms with Crippen LogP contribution in [-0.2, 0) is 15.0 Å². The molecule has 2 heterocycles. The summed E-state index contributed by atoms with van der Waals surface area (Å²) in [5.74, 6) is -0.405. The molecule has 0 radical (unpaired) electrons. The smallest absolute Gasteiger partial charge is 0.246 e. The second kappa shape index (κ2) is 5.98. The lowest BCUT2D eigenvalue weighted by molar-refractivity contribution is -0.125. The predicted molar refractivity (Wildman–Crippen MR) is 98.2 cm³/mol. The Morgan fingerprint density at radius 3 is 2.58 bits per heavy atom. The summed E-state index contributed by atoms with van der Waals surface area (Å²) in [7, 11) is 0. The van der Waals surface area contributed by atoms with Crippen molar-refractivity contribution in [2.24, 2.45) is 0 Å². The summed E-state index contributed by atoms with van der Waals surface area (Å²) < 4.78 is 0. The Morgan fingerprint density at radius 2 is 1.85 bits per heavy atom. The molecule has 4 rings (SSSR count). The fourth-order valence-corrected chi connectivity index (χ4v) is 3.75. The van der Waals surface area contributed by atoms with Gasteiger partial charge in [-0.15, -0.1) is 0 Å².